The lowest BCUT2D eigenvalue weighted by Gasteiger charge is -2.23. The van der Waals surface area contributed by atoms with Gasteiger partial charge in [-0.1, -0.05) is 24.3 Å². The zero-order valence-electron chi connectivity index (χ0n) is 21.6. The highest BCUT2D eigenvalue weighted by molar-refractivity contribution is 7.92. The first-order valence-electron chi connectivity index (χ1n) is 10.5. The van der Waals surface area contributed by atoms with Gasteiger partial charge in [0.05, 0.1) is 54.5 Å². The molecule has 0 saturated carbocycles. The molecule has 0 fully saturated rings. The molecule has 0 unspecified atom stereocenters. The van der Waals surface area contributed by atoms with Crippen molar-refractivity contribution in [3.05, 3.63) is 58.7 Å². The highest BCUT2D eigenvalue weighted by Crippen LogP contribution is 2.40. The van der Waals surface area contributed by atoms with Crippen molar-refractivity contribution in [2.45, 2.75) is 25.6 Å². The number of anilines is 2. The van der Waals surface area contributed by atoms with Crippen LogP contribution >= 0.6 is 0 Å². The largest absolute Gasteiger partial charge is 0.418 e. The van der Waals surface area contributed by atoms with Crippen LogP contribution in [0.25, 0.3) is 0 Å². The number of aliphatic hydroxyl groups excluding tert-OH is 1. The highest BCUT2D eigenvalue weighted by Gasteiger charge is 2.39. The fourth-order valence-electron chi connectivity index (χ4n) is 3.13. The SMILES string of the molecule is CN(c1cccc(CO)c1C(F)(F)F)S(C)(=O)=O.CN(c1cccc(COS(C)(=O)=O)c1C(F)(F)F)S(C)(=O)=O. The van der Waals surface area contributed by atoms with Crippen molar-refractivity contribution in [1.29, 1.82) is 0 Å². The third-order valence-electron chi connectivity index (χ3n) is 5.10. The molecule has 0 aromatic heterocycles. The number of alkyl halides is 6. The summed E-state index contributed by atoms with van der Waals surface area (Å²) in [4.78, 5) is 0. The van der Waals surface area contributed by atoms with Gasteiger partial charge in [0.2, 0.25) is 20.0 Å². The summed E-state index contributed by atoms with van der Waals surface area (Å²) < 4.78 is 151. The molecule has 1 N–H and O–H groups in total. The van der Waals surface area contributed by atoms with Gasteiger partial charge in [0.15, 0.2) is 0 Å². The van der Waals surface area contributed by atoms with Crippen molar-refractivity contribution in [2.75, 3.05) is 41.5 Å². The van der Waals surface area contributed by atoms with Gasteiger partial charge < -0.3 is 5.11 Å². The molecule has 0 aliphatic heterocycles. The number of nitrogens with zero attached hydrogens (tertiary/aromatic N) is 2. The summed E-state index contributed by atoms with van der Waals surface area (Å²) in [6, 6.07) is 6.60. The van der Waals surface area contributed by atoms with E-state index in [0.717, 1.165) is 50.9 Å². The third kappa shape index (κ3) is 9.79. The number of rotatable bonds is 8. The normalized spacial score (nSPS) is 12.9. The lowest BCUT2D eigenvalue weighted by atomic mass is 10.1. The molecule has 228 valence electrons. The molecule has 0 saturated heterocycles. The molecular weight excluding hydrogens is 618 g/mol. The van der Waals surface area contributed by atoms with E-state index >= 15 is 0 Å². The van der Waals surface area contributed by atoms with E-state index in [-0.39, 0.29) is 5.56 Å². The maximum absolute atomic E-state index is 13.3. The van der Waals surface area contributed by atoms with E-state index in [1.54, 1.807) is 0 Å². The molecule has 2 rings (SSSR count). The van der Waals surface area contributed by atoms with Gasteiger partial charge >= 0.3 is 12.4 Å². The van der Waals surface area contributed by atoms with Crippen molar-refractivity contribution in [2.24, 2.45) is 0 Å². The Morgan fingerprint density at radius 3 is 1.35 bits per heavy atom. The van der Waals surface area contributed by atoms with Crippen LogP contribution in [0.2, 0.25) is 0 Å². The number of aliphatic hydroxyl groups is 1. The molecule has 0 heterocycles. The zero-order valence-corrected chi connectivity index (χ0v) is 24.0. The number of sulfonamides is 2. The van der Waals surface area contributed by atoms with Crippen LogP contribution in [0.5, 0.6) is 0 Å². The first-order valence-corrected chi connectivity index (χ1v) is 16.0. The fraction of sp³-hybridized carbons (Fsp3) is 0.429. The standard InChI is InChI=1S/C11H14F3NO5S2.C10H12F3NO3S/c1-15(21(2,16)17)9-6-4-5-8(7-20-22(3,18)19)10(9)11(12,13)14;1-14(18(2,16)17)8-5-3-4-7(6-15)9(8)10(11,12)13/h4-6H,7H2,1-3H3;3-5,15H,6H2,1-2H3. The van der Waals surface area contributed by atoms with E-state index in [9.17, 15) is 51.6 Å². The predicted molar refractivity (Wildman–Crippen MR) is 135 cm³/mol. The van der Waals surface area contributed by atoms with Crippen molar-refractivity contribution in [3.63, 3.8) is 0 Å². The molecule has 2 aromatic rings. The fourth-order valence-corrected chi connectivity index (χ4v) is 4.49. The summed E-state index contributed by atoms with van der Waals surface area (Å²) in [6.45, 7) is -1.67. The highest BCUT2D eigenvalue weighted by atomic mass is 32.2. The summed E-state index contributed by atoms with van der Waals surface area (Å²) in [5, 5.41) is 8.92. The molecule has 10 nitrogen and oxygen atoms in total. The second-order valence-corrected chi connectivity index (χ2v) is 13.9. The molecule has 2 aromatic carbocycles. The number of benzene rings is 2. The minimum absolute atomic E-state index is 0.365. The Balaban J connectivity index is 0.000000408. The topological polar surface area (TPSA) is 138 Å². The molecule has 0 atom stereocenters. The summed E-state index contributed by atoms with van der Waals surface area (Å²) >= 11 is 0. The second-order valence-electron chi connectivity index (χ2n) is 8.20. The molecule has 40 heavy (non-hydrogen) atoms. The van der Waals surface area contributed by atoms with Crippen LogP contribution in [0.15, 0.2) is 36.4 Å². The Bertz CT molecular complexity index is 1520. The minimum Gasteiger partial charge on any atom is -0.392 e. The Kier molecular flexibility index (Phi) is 11.1. The van der Waals surface area contributed by atoms with Gasteiger partial charge in [0.1, 0.15) is 0 Å². The molecule has 0 radical (unpaired) electrons. The number of hydrogen-bond donors (Lipinski definition) is 1. The van der Waals surface area contributed by atoms with Gasteiger partial charge in [-0.3, -0.25) is 12.8 Å². The minimum atomic E-state index is -4.88. The van der Waals surface area contributed by atoms with E-state index < -0.39 is 83.8 Å². The first kappa shape index (κ1) is 35.4. The van der Waals surface area contributed by atoms with Crippen LogP contribution in [0.1, 0.15) is 22.3 Å². The molecule has 0 aliphatic carbocycles. The van der Waals surface area contributed by atoms with Gasteiger partial charge in [0.25, 0.3) is 10.1 Å². The van der Waals surface area contributed by atoms with Crippen LogP contribution in [0.4, 0.5) is 37.7 Å². The molecule has 0 bridgehead atoms. The lowest BCUT2D eigenvalue weighted by Crippen LogP contribution is -2.28. The monoisotopic (exact) mass is 644 g/mol. The Morgan fingerprint density at radius 2 is 1.05 bits per heavy atom. The van der Waals surface area contributed by atoms with Crippen LogP contribution in [0, 0.1) is 0 Å². The van der Waals surface area contributed by atoms with Crippen LogP contribution in [0.3, 0.4) is 0 Å². The van der Waals surface area contributed by atoms with Gasteiger partial charge in [-0.05, 0) is 23.3 Å². The molecule has 19 heteroatoms. The maximum Gasteiger partial charge on any atom is 0.418 e. The zero-order chi connectivity index (χ0) is 31.5. The first-order chi connectivity index (χ1) is 17.8. The van der Waals surface area contributed by atoms with E-state index in [1.165, 1.54) is 12.1 Å². The van der Waals surface area contributed by atoms with Crippen molar-refractivity contribution in [3.8, 4) is 0 Å². The molecule has 0 spiro atoms. The van der Waals surface area contributed by atoms with Gasteiger partial charge in [-0.2, -0.15) is 34.8 Å². The lowest BCUT2D eigenvalue weighted by molar-refractivity contribution is -0.138. The van der Waals surface area contributed by atoms with Crippen molar-refractivity contribution < 1.29 is 60.9 Å². The summed E-state index contributed by atoms with van der Waals surface area (Å²) in [7, 11) is -9.68. The molecule has 0 amide bonds. The van der Waals surface area contributed by atoms with Gasteiger partial charge in [-0.25, -0.2) is 16.8 Å². The molecular formula is C21H26F6N2O8S3. The Labute approximate surface area is 228 Å². The van der Waals surface area contributed by atoms with Crippen molar-refractivity contribution >= 4 is 41.5 Å². The van der Waals surface area contributed by atoms with E-state index in [2.05, 4.69) is 4.18 Å². The quantitative estimate of drug-likeness (QED) is 0.342. The van der Waals surface area contributed by atoms with Gasteiger partial charge in [-0.15, -0.1) is 0 Å². The second kappa shape index (κ2) is 12.5. The maximum atomic E-state index is 13.3. The molecule has 0 aliphatic rings. The average molecular weight is 645 g/mol. The van der Waals surface area contributed by atoms with E-state index in [4.69, 9.17) is 5.11 Å². The van der Waals surface area contributed by atoms with E-state index in [0.29, 0.717) is 14.9 Å². The third-order valence-corrected chi connectivity index (χ3v) is 8.03. The van der Waals surface area contributed by atoms with Crippen LogP contribution < -0.4 is 8.61 Å². The number of halogens is 6. The van der Waals surface area contributed by atoms with Crippen LogP contribution in [-0.2, 0) is 59.9 Å². The summed E-state index contributed by atoms with van der Waals surface area (Å²) in [6.07, 6.45) is -7.36. The Morgan fingerprint density at radius 1 is 0.700 bits per heavy atom. The Hall–Kier alpha value is -2.61. The predicted octanol–water partition coefficient (Wildman–Crippen LogP) is 3.17. The van der Waals surface area contributed by atoms with Crippen molar-refractivity contribution in [1.82, 2.24) is 0 Å². The summed E-state index contributed by atoms with van der Waals surface area (Å²) in [5.74, 6) is 0. The van der Waals surface area contributed by atoms with Gasteiger partial charge in [0, 0.05) is 14.1 Å². The van der Waals surface area contributed by atoms with E-state index in [1.807, 2.05) is 0 Å². The number of hydrogen-bond acceptors (Lipinski definition) is 8. The average Bonchev–Trinajstić information content (AvgIpc) is 2.78. The van der Waals surface area contributed by atoms with Crippen LogP contribution in [-0.4, -0.2) is 63.2 Å². The smallest absolute Gasteiger partial charge is 0.392 e. The summed E-state index contributed by atoms with van der Waals surface area (Å²) in [5.41, 5.74) is -4.35.